The van der Waals surface area contributed by atoms with Crippen LogP contribution >= 0.6 is 11.6 Å². The van der Waals surface area contributed by atoms with E-state index in [0.717, 1.165) is 5.56 Å². The Morgan fingerprint density at radius 2 is 0.887 bits per heavy atom. The third kappa shape index (κ3) is 21.3. The molecule has 0 bridgehead atoms. The smallest absolute Gasteiger partial charge is 1.00 e. The van der Waals surface area contributed by atoms with Crippen molar-refractivity contribution >= 4 is 32.3 Å². The van der Waals surface area contributed by atoms with Gasteiger partial charge in [0.25, 0.3) is 0 Å². The normalized spacial score (nSPS) is 11.6. The zero-order chi connectivity index (χ0) is 39.8. The topological polar surface area (TPSA) is 66.2 Å². The molecule has 4 aromatic rings. The second-order valence-electron chi connectivity index (χ2n) is 12.4. The minimum absolute atomic E-state index is 0. The summed E-state index contributed by atoms with van der Waals surface area (Å²) in [6.07, 6.45) is -16.7. The van der Waals surface area contributed by atoms with Gasteiger partial charge in [-0.05, 0) is 79.0 Å². The van der Waals surface area contributed by atoms with Crippen LogP contribution in [-0.4, -0.2) is 35.2 Å². The van der Waals surface area contributed by atoms with Crippen LogP contribution in [0.25, 0.3) is 11.3 Å². The Hall–Kier alpha value is -1.63. The van der Waals surface area contributed by atoms with Gasteiger partial charge in [-0.25, -0.2) is 4.98 Å². The van der Waals surface area contributed by atoms with Crippen molar-refractivity contribution in [1.82, 2.24) is 9.97 Å². The average molecular weight is 931 g/mol. The molecule has 0 radical (unpaired) electrons. The molecule has 21 heteroatoms. The quantitative estimate of drug-likeness (QED) is 0.177. The number of nitrogens with zero attached hydrogens (tertiary/aromatic N) is 2. The van der Waals surface area contributed by atoms with E-state index in [4.69, 9.17) is 21.6 Å². The maximum atomic E-state index is 12.7. The van der Waals surface area contributed by atoms with Crippen molar-refractivity contribution < 1.29 is 136 Å². The standard InChI is InChI=1S/C14H9F6N.C8H5BF6O2.C6H6ClN.C4H12Si.Cs.FH/c1-8-2-3-21-12(4-8)9-5-10(13(15,16)17)7-11(6-9)14(18,19)20;10-7(11,12)4-1-5(8(13,14)15)3-6(2-4)9(16)17;1-5-2-3-8-6(7)4-5;1-5(2,3)4;;/h2-7H,1H3;1-3,16-17H;2-4H,1H3;1-4H3;;1H/q;;;;+1;/p-1. The van der Waals surface area contributed by atoms with E-state index in [1.165, 1.54) is 12.3 Å². The van der Waals surface area contributed by atoms with Gasteiger partial charge in [0.15, 0.2) is 0 Å². The molecular formula is C32H32BClCsF13N2O2Si. The van der Waals surface area contributed by atoms with Gasteiger partial charge in [-0.3, -0.25) is 4.98 Å². The van der Waals surface area contributed by atoms with E-state index >= 15 is 0 Å². The van der Waals surface area contributed by atoms with E-state index in [9.17, 15) is 52.7 Å². The summed E-state index contributed by atoms with van der Waals surface area (Å²) in [6.45, 7) is 13.0. The molecule has 2 N–H and O–H groups in total. The molecule has 0 saturated carbocycles. The fourth-order valence-electron chi connectivity index (χ4n) is 3.42. The number of pyridine rings is 2. The molecule has 2 aromatic heterocycles. The summed E-state index contributed by atoms with van der Waals surface area (Å²) < 4.78 is 150. The summed E-state index contributed by atoms with van der Waals surface area (Å²) in [5.74, 6) is 0. The number of rotatable bonds is 2. The Morgan fingerprint density at radius 3 is 1.15 bits per heavy atom. The fourth-order valence-corrected chi connectivity index (χ4v) is 3.65. The summed E-state index contributed by atoms with van der Waals surface area (Å²) in [4.78, 5) is 7.63. The third-order valence-electron chi connectivity index (χ3n) is 5.59. The van der Waals surface area contributed by atoms with Crippen LogP contribution in [0.1, 0.15) is 33.4 Å². The summed E-state index contributed by atoms with van der Waals surface area (Å²) in [7, 11) is -3.02. The van der Waals surface area contributed by atoms with Crippen LogP contribution in [0.15, 0.2) is 73.1 Å². The third-order valence-corrected chi connectivity index (χ3v) is 5.80. The van der Waals surface area contributed by atoms with Gasteiger partial charge in [0.1, 0.15) is 5.15 Å². The molecule has 0 amide bonds. The van der Waals surface area contributed by atoms with Crippen molar-refractivity contribution in [3.05, 3.63) is 112 Å². The van der Waals surface area contributed by atoms with Crippen molar-refractivity contribution in [2.45, 2.75) is 64.7 Å². The summed E-state index contributed by atoms with van der Waals surface area (Å²) in [5.41, 5.74) is -5.08. The maximum absolute atomic E-state index is 12.7. The molecule has 0 aliphatic carbocycles. The van der Waals surface area contributed by atoms with Crippen LogP contribution < -0.4 is 79.1 Å². The largest absolute Gasteiger partial charge is 1.00 e. The molecule has 0 unspecified atom stereocenters. The maximum Gasteiger partial charge on any atom is 1.00 e. The second kappa shape index (κ2) is 21.6. The van der Waals surface area contributed by atoms with Crippen LogP contribution in [0.4, 0.5) is 52.7 Å². The molecule has 0 atom stereocenters. The van der Waals surface area contributed by atoms with E-state index in [0.29, 0.717) is 22.8 Å². The molecule has 2 aromatic carbocycles. The molecule has 0 fully saturated rings. The average Bonchev–Trinajstić information content (AvgIpc) is 2.94. The molecule has 4 rings (SSSR count). The van der Waals surface area contributed by atoms with Gasteiger partial charge in [0.05, 0.1) is 27.9 Å². The van der Waals surface area contributed by atoms with E-state index in [2.05, 4.69) is 36.2 Å². The van der Waals surface area contributed by atoms with Crippen molar-refractivity contribution in [2.24, 2.45) is 0 Å². The molecule has 2 heterocycles. The Balaban J connectivity index is 0. The van der Waals surface area contributed by atoms with Crippen LogP contribution in [0.5, 0.6) is 0 Å². The Morgan fingerprint density at radius 1 is 0.566 bits per heavy atom. The van der Waals surface area contributed by atoms with Gasteiger partial charge >= 0.3 is 101 Å². The summed E-state index contributed by atoms with van der Waals surface area (Å²) in [6, 6.07) is 8.59. The van der Waals surface area contributed by atoms with Gasteiger partial charge in [-0.1, -0.05) is 49.9 Å². The number of aryl methyl sites for hydroxylation is 2. The SMILES string of the molecule is C[Si](C)(C)C.Cc1ccnc(-c2cc(C(F)(F)F)cc(C(F)(F)F)c2)c1.Cc1ccnc(Cl)c1.OB(O)c1cc(C(F)(F)F)cc(C(F)(F)F)c1.[Cs+].[F-]. The number of hydrogen-bond donors (Lipinski definition) is 2. The summed E-state index contributed by atoms with van der Waals surface area (Å²) >= 11 is 5.53. The Labute approximate surface area is 362 Å². The first kappa shape index (κ1) is 53.5. The summed E-state index contributed by atoms with van der Waals surface area (Å²) in [5, 5.41) is 17.8. The molecule has 4 nitrogen and oxygen atoms in total. The Bertz CT molecular complexity index is 1640. The zero-order valence-corrected chi connectivity index (χ0v) is 37.1. The van der Waals surface area contributed by atoms with Crippen LogP contribution in [0.3, 0.4) is 0 Å². The number of benzene rings is 2. The van der Waals surface area contributed by atoms with Crippen LogP contribution in [0.2, 0.25) is 31.3 Å². The number of aromatic nitrogens is 2. The first-order valence-electron chi connectivity index (χ1n) is 14.3. The van der Waals surface area contributed by atoms with E-state index in [1.807, 2.05) is 19.1 Å². The molecule has 0 spiro atoms. The monoisotopic (exact) mass is 930 g/mol. The van der Waals surface area contributed by atoms with E-state index < -0.39 is 67.6 Å². The number of halogens is 14. The molecule has 288 valence electrons. The van der Waals surface area contributed by atoms with E-state index in [1.54, 1.807) is 19.2 Å². The Kier molecular flexibility index (Phi) is 21.8. The fraction of sp³-hybridized carbons (Fsp3) is 0.312. The van der Waals surface area contributed by atoms with Crippen LogP contribution in [0, 0.1) is 13.8 Å². The van der Waals surface area contributed by atoms with Gasteiger partial charge in [-0.15, -0.1) is 0 Å². The van der Waals surface area contributed by atoms with Gasteiger partial charge in [0.2, 0.25) is 0 Å². The van der Waals surface area contributed by atoms with Gasteiger partial charge in [0, 0.05) is 26.0 Å². The van der Waals surface area contributed by atoms with Gasteiger partial charge in [-0.2, -0.15) is 52.7 Å². The predicted molar refractivity (Wildman–Crippen MR) is 174 cm³/mol. The van der Waals surface area contributed by atoms with Crippen molar-refractivity contribution in [3.63, 3.8) is 0 Å². The minimum atomic E-state index is -5.00. The van der Waals surface area contributed by atoms with Gasteiger partial charge < -0.3 is 14.8 Å². The molecule has 0 aliphatic rings. The first-order chi connectivity index (χ1) is 22.9. The van der Waals surface area contributed by atoms with E-state index in [-0.39, 0.29) is 109 Å². The van der Waals surface area contributed by atoms with Crippen LogP contribution in [-0.2, 0) is 24.7 Å². The number of alkyl halides is 12. The molecule has 0 aliphatic heterocycles. The molecule has 53 heavy (non-hydrogen) atoms. The van der Waals surface area contributed by atoms with Crippen molar-refractivity contribution in [1.29, 1.82) is 0 Å². The predicted octanol–water partition coefficient (Wildman–Crippen LogP) is 4.50. The zero-order valence-electron chi connectivity index (χ0n) is 29.1. The first-order valence-corrected chi connectivity index (χ1v) is 18.7. The van der Waals surface area contributed by atoms with Crippen molar-refractivity contribution in [2.75, 3.05) is 0 Å². The molecule has 0 saturated heterocycles. The van der Waals surface area contributed by atoms with Crippen molar-refractivity contribution in [3.8, 4) is 11.3 Å². The second-order valence-corrected chi connectivity index (χ2v) is 18.8. The minimum Gasteiger partial charge on any atom is -1.00 e. The molecular weight excluding hydrogens is 899 g/mol. The number of hydrogen-bond acceptors (Lipinski definition) is 4.